The van der Waals surface area contributed by atoms with Gasteiger partial charge in [0.25, 0.3) is 0 Å². The van der Waals surface area contributed by atoms with E-state index in [4.69, 9.17) is 10.7 Å². The SMILES string of the molecule is CCC(=O)Nc1cncc(-c2ccc3c(c2)C(c2nc4c(-c5cccnc5)cncc4[nH]2)=C(N)CCNC3)c1. The number of H-pyrrole nitrogens is 1. The smallest absolute Gasteiger partial charge is 0.224 e. The third kappa shape index (κ3) is 4.87. The topological polar surface area (TPSA) is 134 Å². The van der Waals surface area contributed by atoms with Crippen LogP contribution in [0.4, 0.5) is 5.69 Å². The van der Waals surface area contributed by atoms with Gasteiger partial charge in [0.1, 0.15) is 5.82 Å². The summed E-state index contributed by atoms with van der Waals surface area (Å²) in [5, 5.41) is 6.37. The first-order valence-corrected chi connectivity index (χ1v) is 12.9. The summed E-state index contributed by atoms with van der Waals surface area (Å²) in [4.78, 5) is 33.5. The molecule has 1 aromatic carbocycles. The Morgan fingerprint density at radius 2 is 1.85 bits per heavy atom. The lowest BCUT2D eigenvalue weighted by Crippen LogP contribution is -2.22. The van der Waals surface area contributed by atoms with Crippen molar-refractivity contribution in [3.63, 3.8) is 0 Å². The highest BCUT2D eigenvalue weighted by Crippen LogP contribution is 2.35. The van der Waals surface area contributed by atoms with Crippen LogP contribution < -0.4 is 16.4 Å². The molecular formula is C30H28N8O. The van der Waals surface area contributed by atoms with Gasteiger partial charge in [0.2, 0.25) is 5.91 Å². The molecule has 1 amide bonds. The number of aromatic amines is 1. The van der Waals surface area contributed by atoms with Crippen molar-refractivity contribution in [2.75, 3.05) is 11.9 Å². The largest absolute Gasteiger partial charge is 0.401 e. The van der Waals surface area contributed by atoms with E-state index in [0.29, 0.717) is 30.9 Å². The third-order valence-electron chi connectivity index (χ3n) is 6.87. The van der Waals surface area contributed by atoms with Crippen LogP contribution in [0.2, 0.25) is 0 Å². The molecule has 0 atom stereocenters. The van der Waals surface area contributed by atoms with Gasteiger partial charge in [-0.05, 0) is 34.9 Å². The molecule has 5 N–H and O–H groups in total. The number of carbonyl (C=O) groups excluding carboxylic acids is 1. The number of benzene rings is 1. The van der Waals surface area contributed by atoms with Gasteiger partial charge in [0.05, 0.1) is 29.1 Å². The van der Waals surface area contributed by atoms with E-state index in [1.807, 2.05) is 37.5 Å². The van der Waals surface area contributed by atoms with Gasteiger partial charge < -0.3 is 21.4 Å². The van der Waals surface area contributed by atoms with Crippen molar-refractivity contribution in [3.05, 3.63) is 96.2 Å². The Labute approximate surface area is 225 Å². The summed E-state index contributed by atoms with van der Waals surface area (Å²) < 4.78 is 0. The van der Waals surface area contributed by atoms with E-state index in [9.17, 15) is 4.79 Å². The van der Waals surface area contributed by atoms with Gasteiger partial charge in [-0.2, -0.15) is 0 Å². The molecule has 9 heteroatoms. The number of imidazole rings is 1. The molecule has 6 rings (SSSR count). The number of hydrogen-bond donors (Lipinski definition) is 4. The molecule has 0 bridgehead atoms. The molecule has 5 heterocycles. The highest BCUT2D eigenvalue weighted by molar-refractivity contribution is 5.94. The standard InChI is InChI=1S/C30H28N8O/c1-2-27(39)36-22-10-21(14-34-15-22)18-5-6-20-13-33-9-7-25(31)28(23(20)11-18)30-37-26-17-35-16-24(29(26)38-30)19-4-3-8-32-12-19/h3-6,8,10-12,14-17,33H,2,7,9,13,31H2,1H3,(H,36,39)(H,37,38). The maximum absolute atomic E-state index is 11.9. The zero-order valence-electron chi connectivity index (χ0n) is 21.5. The first-order valence-electron chi connectivity index (χ1n) is 12.9. The maximum Gasteiger partial charge on any atom is 0.224 e. The van der Waals surface area contributed by atoms with E-state index in [2.05, 4.69) is 48.8 Å². The lowest BCUT2D eigenvalue weighted by atomic mass is 9.91. The van der Waals surface area contributed by atoms with Crippen molar-refractivity contribution in [2.24, 2.45) is 5.73 Å². The molecule has 9 nitrogen and oxygen atoms in total. The Hall–Kier alpha value is -4.89. The normalized spacial score (nSPS) is 13.6. The molecule has 0 spiro atoms. The first kappa shape index (κ1) is 24.4. The fourth-order valence-corrected chi connectivity index (χ4v) is 4.87. The quantitative estimate of drug-likeness (QED) is 0.267. The third-order valence-corrected chi connectivity index (χ3v) is 6.87. The molecule has 39 heavy (non-hydrogen) atoms. The Bertz CT molecular complexity index is 1710. The number of rotatable bonds is 5. The molecule has 0 aliphatic carbocycles. The molecule has 0 unspecified atom stereocenters. The first-order chi connectivity index (χ1) is 19.1. The summed E-state index contributed by atoms with van der Waals surface area (Å²) in [5.41, 5.74) is 16.5. The van der Waals surface area contributed by atoms with Crippen molar-refractivity contribution in [1.82, 2.24) is 30.2 Å². The average molecular weight is 517 g/mol. The predicted octanol–water partition coefficient (Wildman–Crippen LogP) is 4.64. The average Bonchev–Trinajstić information content (AvgIpc) is 3.39. The van der Waals surface area contributed by atoms with Gasteiger partial charge in [-0.1, -0.05) is 25.1 Å². The van der Waals surface area contributed by atoms with E-state index < -0.39 is 0 Å². The molecule has 0 radical (unpaired) electrons. The molecule has 0 saturated carbocycles. The number of nitrogens with two attached hydrogens (primary N) is 1. The minimum atomic E-state index is -0.0544. The second kappa shape index (κ2) is 10.5. The van der Waals surface area contributed by atoms with Crippen molar-refractivity contribution in [1.29, 1.82) is 0 Å². The molecule has 1 aliphatic heterocycles. The number of fused-ring (bicyclic) bond motifs is 2. The van der Waals surface area contributed by atoms with E-state index in [1.165, 1.54) is 0 Å². The van der Waals surface area contributed by atoms with Gasteiger partial charge >= 0.3 is 0 Å². The number of pyridine rings is 3. The lowest BCUT2D eigenvalue weighted by molar-refractivity contribution is -0.115. The molecule has 4 aromatic heterocycles. The van der Waals surface area contributed by atoms with Crippen LogP contribution in [0.5, 0.6) is 0 Å². The Kier molecular flexibility index (Phi) is 6.56. The molecule has 5 aromatic rings. The highest BCUT2D eigenvalue weighted by atomic mass is 16.1. The number of carbonyl (C=O) groups is 1. The van der Waals surface area contributed by atoms with Gasteiger partial charge in [-0.15, -0.1) is 0 Å². The fourth-order valence-electron chi connectivity index (χ4n) is 4.87. The van der Waals surface area contributed by atoms with Crippen LogP contribution in [0.3, 0.4) is 0 Å². The summed E-state index contributed by atoms with van der Waals surface area (Å²) in [5.74, 6) is 0.643. The van der Waals surface area contributed by atoms with Crippen LogP contribution in [-0.4, -0.2) is 37.4 Å². The second-order valence-corrected chi connectivity index (χ2v) is 9.47. The fraction of sp³-hybridized carbons (Fsp3) is 0.167. The van der Waals surface area contributed by atoms with E-state index in [1.54, 1.807) is 24.8 Å². The summed E-state index contributed by atoms with van der Waals surface area (Å²) >= 11 is 0. The summed E-state index contributed by atoms with van der Waals surface area (Å²) in [7, 11) is 0. The maximum atomic E-state index is 11.9. The summed E-state index contributed by atoms with van der Waals surface area (Å²) in [6.07, 6.45) is 11.7. The lowest BCUT2D eigenvalue weighted by Gasteiger charge is -2.20. The second-order valence-electron chi connectivity index (χ2n) is 9.47. The molecule has 0 fully saturated rings. The van der Waals surface area contributed by atoms with Crippen molar-refractivity contribution in [3.8, 4) is 22.3 Å². The van der Waals surface area contributed by atoms with E-state index >= 15 is 0 Å². The molecule has 194 valence electrons. The summed E-state index contributed by atoms with van der Waals surface area (Å²) in [6, 6.07) is 12.1. The number of nitrogens with one attached hydrogen (secondary N) is 3. The van der Waals surface area contributed by atoms with Gasteiger partial charge in [-0.25, -0.2) is 4.98 Å². The summed E-state index contributed by atoms with van der Waals surface area (Å²) in [6.45, 7) is 3.30. The molecular weight excluding hydrogens is 488 g/mol. The number of anilines is 1. The van der Waals surface area contributed by atoms with Crippen molar-refractivity contribution >= 4 is 28.2 Å². The van der Waals surface area contributed by atoms with Gasteiger partial charge in [-0.3, -0.25) is 19.7 Å². The highest BCUT2D eigenvalue weighted by Gasteiger charge is 2.21. The minimum absolute atomic E-state index is 0.0544. The van der Waals surface area contributed by atoms with E-state index in [-0.39, 0.29) is 5.91 Å². The number of hydrogen-bond acceptors (Lipinski definition) is 7. The predicted molar refractivity (Wildman–Crippen MR) is 152 cm³/mol. The zero-order valence-corrected chi connectivity index (χ0v) is 21.5. The van der Waals surface area contributed by atoms with Crippen LogP contribution in [0.15, 0.2) is 79.3 Å². The monoisotopic (exact) mass is 516 g/mol. The number of nitrogens with zero attached hydrogens (tertiary/aromatic N) is 4. The molecule has 1 aliphatic rings. The van der Waals surface area contributed by atoms with Gasteiger partial charge in [0, 0.05) is 78.7 Å². The Balaban J connectivity index is 1.48. The number of amides is 1. The molecule has 0 saturated heterocycles. The Morgan fingerprint density at radius 3 is 2.69 bits per heavy atom. The van der Waals surface area contributed by atoms with Crippen LogP contribution in [0.1, 0.15) is 36.7 Å². The van der Waals surface area contributed by atoms with E-state index in [0.717, 1.165) is 62.2 Å². The van der Waals surface area contributed by atoms with Crippen LogP contribution in [0.25, 0.3) is 38.9 Å². The van der Waals surface area contributed by atoms with Gasteiger partial charge in [0.15, 0.2) is 0 Å². The minimum Gasteiger partial charge on any atom is -0.401 e. The Morgan fingerprint density at radius 1 is 0.974 bits per heavy atom. The number of aromatic nitrogens is 5. The van der Waals surface area contributed by atoms with Crippen molar-refractivity contribution < 1.29 is 4.79 Å². The van der Waals surface area contributed by atoms with Crippen molar-refractivity contribution in [2.45, 2.75) is 26.3 Å². The van der Waals surface area contributed by atoms with Crippen LogP contribution in [0, 0.1) is 0 Å². The van der Waals surface area contributed by atoms with Crippen LogP contribution >= 0.6 is 0 Å². The van der Waals surface area contributed by atoms with Crippen LogP contribution in [-0.2, 0) is 11.3 Å². The zero-order chi connectivity index (χ0) is 26.8.